The first-order valence-corrected chi connectivity index (χ1v) is 4.79. The standard InChI is InChI=1S/C11H9ClN2O/c1-15-10-5-11(12)14-7-9(10)8-3-2-4-13-6-8/h2-7H,1H3. The summed E-state index contributed by atoms with van der Waals surface area (Å²) in [6.45, 7) is 0. The van der Waals surface area contributed by atoms with Gasteiger partial charge in [-0.1, -0.05) is 17.7 Å². The average molecular weight is 221 g/mol. The average Bonchev–Trinajstić information content (AvgIpc) is 2.30. The molecular weight excluding hydrogens is 212 g/mol. The van der Waals surface area contributed by atoms with Crippen molar-refractivity contribution in [1.82, 2.24) is 9.97 Å². The largest absolute Gasteiger partial charge is 0.496 e. The van der Waals surface area contributed by atoms with Crippen LogP contribution in [0.1, 0.15) is 0 Å². The second-order valence-corrected chi connectivity index (χ2v) is 3.34. The molecule has 76 valence electrons. The molecule has 2 heterocycles. The number of ether oxygens (including phenoxy) is 1. The van der Waals surface area contributed by atoms with E-state index in [4.69, 9.17) is 16.3 Å². The fourth-order valence-corrected chi connectivity index (χ4v) is 1.47. The maximum absolute atomic E-state index is 5.78. The third-order valence-electron chi connectivity index (χ3n) is 2.03. The molecule has 0 aliphatic rings. The Morgan fingerprint density at radius 3 is 2.87 bits per heavy atom. The summed E-state index contributed by atoms with van der Waals surface area (Å²) >= 11 is 5.78. The van der Waals surface area contributed by atoms with Crippen LogP contribution in [0.25, 0.3) is 11.1 Å². The van der Waals surface area contributed by atoms with Crippen molar-refractivity contribution < 1.29 is 4.74 Å². The molecule has 0 N–H and O–H groups in total. The van der Waals surface area contributed by atoms with E-state index >= 15 is 0 Å². The molecule has 4 heteroatoms. The van der Waals surface area contributed by atoms with Crippen LogP contribution in [0.2, 0.25) is 5.15 Å². The Hall–Kier alpha value is -1.61. The van der Waals surface area contributed by atoms with E-state index in [1.54, 1.807) is 31.8 Å². The number of halogens is 1. The third-order valence-corrected chi connectivity index (χ3v) is 2.23. The zero-order valence-electron chi connectivity index (χ0n) is 8.14. The molecule has 2 aromatic heterocycles. The quantitative estimate of drug-likeness (QED) is 0.730. The highest BCUT2D eigenvalue weighted by molar-refractivity contribution is 6.29. The first-order valence-electron chi connectivity index (χ1n) is 4.41. The summed E-state index contributed by atoms with van der Waals surface area (Å²) in [4.78, 5) is 8.06. The maximum atomic E-state index is 5.78. The summed E-state index contributed by atoms with van der Waals surface area (Å²) in [5.41, 5.74) is 1.84. The molecule has 0 atom stereocenters. The molecule has 15 heavy (non-hydrogen) atoms. The van der Waals surface area contributed by atoms with Gasteiger partial charge in [0.15, 0.2) is 0 Å². The number of rotatable bonds is 2. The minimum atomic E-state index is 0.416. The number of aromatic nitrogens is 2. The molecule has 0 radical (unpaired) electrons. The van der Waals surface area contributed by atoms with Gasteiger partial charge in [0, 0.05) is 35.8 Å². The fraction of sp³-hybridized carbons (Fsp3) is 0.0909. The Morgan fingerprint density at radius 1 is 1.33 bits per heavy atom. The van der Waals surface area contributed by atoms with E-state index in [0.717, 1.165) is 11.1 Å². The minimum Gasteiger partial charge on any atom is -0.496 e. The van der Waals surface area contributed by atoms with Gasteiger partial charge in [0.2, 0.25) is 0 Å². The van der Waals surface area contributed by atoms with Crippen molar-refractivity contribution in [2.75, 3.05) is 7.11 Å². The zero-order valence-corrected chi connectivity index (χ0v) is 8.90. The fourth-order valence-electron chi connectivity index (χ4n) is 1.32. The van der Waals surface area contributed by atoms with Crippen molar-refractivity contribution in [3.8, 4) is 16.9 Å². The van der Waals surface area contributed by atoms with Crippen molar-refractivity contribution in [2.45, 2.75) is 0 Å². The molecule has 0 amide bonds. The second-order valence-electron chi connectivity index (χ2n) is 2.95. The summed E-state index contributed by atoms with van der Waals surface area (Å²) < 4.78 is 5.23. The molecule has 2 rings (SSSR count). The highest BCUT2D eigenvalue weighted by atomic mass is 35.5. The summed E-state index contributed by atoms with van der Waals surface area (Å²) in [6.07, 6.45) is 5.16. The summed E-state index contributed by atoms with van der Waals surface area (Å²) in [5.74, 6) is 0.697. The lowest BCUT2D eigenvalue weighted by Gasteiger charge is -2.07. The molecule has 0 unspecified atom stereocenters. The number of hydrogen-bond donors (Lipinski definition) is 0. The van der Waals surface area contributed by atoms with Crippen molar-refractivity contribution >= 4 is 11.6 Å². The van der Waals surface area contributed by atoms with Gasteiger partial charge in [0.25, 0.3) is 0 Å². The van der Waals surface area contributed by atoms with Crippen molar-refractivity contribution in [1.29, 1.82) is 0 Å². The highest BCUT2D eigenvalue weighted by Gasteiger charge is 2.06. The molecule has 2 aromatic rings. The molecule has 0 saturated carbocycles. The van der Waals surface area contributed by atoms with E-state index in [2.05, 4.69) is 9.97 Å². The topological polar surface area (TPSA) is 35.0 Å². The van der Waals surface area contributed by atoms with Gasteiger partial charge in [-0.2, -0.15) is 0 Å². The Morgan fingerprint density at radius 2 is 2.20 bits per heavy atom. The Labute approximate surface area is 92.7 Å². The van der Waals surface area contributed by atoms with Crippen molar-refractivity contribution in [2.24, 2.45) is 0 Å². The van der Waals surface area contributed by atoms with Gasteiger partial charge in [-0.15, -0.1) is 0 Å². The lowest BCUT2D eigenvalue weighted by atomic mass is 10.1. The zero-order chi connectivity index (χ0) is 10.7. The smallest absolute Gasteiger partial charge is 0.132 e. The van der Waals surface area contributed by atoms with Gasteiger partial charge in [0.05, 0.1) is 7.11 Å². The van der Waals surface area contributed by atoms with E-state index in [-0.39, 0.29) is 0 Å². The predicted molar refractivity (Wildman–Crippen MR) is 59.0 cm³/mol. The molecule has 0 fully saturated rings. The molecule has 0 aliphatic heterocycles. The summed E-state index contributed by atoms with van der Waals surface area (Å²) in [6, 6.07) is 5.49. The van der Waals surface area contributed by atoms with Gasteiger partial charge in [-0.3, -0.25) is 4.98 Å². The normalized spacial score (nSPS) is 10.0. The SMILES string of the molecule is COc1cc(Cl)ncc1-c1cccnc1. The van der Waals surface area contributed by atoms with Crippen LogP contribution in [0, 0.1) is 0 Å². The molecule has 0 aliphatic carbocycles. The minimum absolute atomic E-state index is 0.416. The number of nitrogens with zero attached hydrogens (tertiary/aromatic N) is 2. The Balaban J connectivity index is 2.53. The lowest BCUT2D eigenvalue weighted by molar-refractivity contribution is 0.416. The van der Waals surface area contributed by atoms with Gasteiger partial charge in [-0.25, -0.2) is 4.98 Å². The number of methoxy groups -OCH3 is 1. The van der Waals surface area contributed by atoms with Crippen LogP contribution >= 0.6 is 11.6 Å². The van der Waals surface area contributed by atoms with Gasteiger partial charge >= 0.3 is 0 Å². The van der Waals surface area contributed by atoms with E-state index in [0.29, 0.717) is 10.9 Å². The first-order chi connectivity index (χ1) is 7.31. The predicted octanol–water partition coefficient (Wildman–Crippen LogP) is 2.81. The molecule has 3 nitrogen and oxygen atoms in total. The maximum Gasteiger partial charge on any atom is 0.132 e. The van der Waals surface area contributed by atoms with E-state index in [1.165, 1.54) is 0 Å². The molecule has 0 saturated heterocycles. The van der Waals surface area contributed by atoms with Crippen LogP contribution in [-0.4, -0.2) is 17.1 Å². The highest BCUT2D eigenvalue weighted by Crippen LogP contribution is 2.29. The van der Waals surface area contributed by atoms with Crippen molar-refractivity contribution in [3.05, 3.63) is 41.9 Å². The van der Waals surface area contributed by atoms with Gasteiger partial charge in [-0.05, 0) is 6.07 Å². The Kier molecular flexibility index (Phi) is 2.83. The van der Waals surface area contributed by atoms with Crippen LogP contribution in [-0.2, 0) is 0 Å². The number of hydrogen-bond acceptors (Lipinski definition) is 3. The monoisotopic (exact) mass is 220 g/mol. The molecular formula is C11H9ClN2O. The third kappa shape index (κ3) is 2.07. The van der Waals surface area contributed by atoms with Crippen molar-refractivity contribution in [3.63, 3.8) is 0 Å². The molecule has 0 aromatic carbocycles. The Bertz CT molecular complexity index is 459. The van der Waals surface area contributed by atoms with Crippen LogP contribution in [0.15, 0.2) is 36.8 Å². The molecule has 0 spiro atoms. The first kappa shape index (κ1) is 9.93. The number of pyridine rings is 2. The van der Waals surface area contributed by atoms with Gasteiger partial charge < -0.3 is 4.74 Å². The van der Waals surface area contributed by atoms with Gasteiger partial charge in [0.1, 0.15) is 10.9 Å². The second kappa shape index (κ2) is 4.28. The van der Waals surface area contributed by atoms with Crippen LogP contribution in [0.5, 0.6) is 5.75 Å². The van der Waals surface area contributed by atoms with E-state index < -0.39 is 0 Å². The summed E-state index contributed by atoms with van der Waals surface area (Å²) in [5, 5.41) is 0.416. The molecule has 0 bridgehead atoms. The lowest BCUT2D eigenvalue weighted by Crippen LogP contribution is -1.90. The summed E-state index contributed by atoms with van der Waals surface area (Å²) in [7, 11) is 1.60. The van der Waals surface area contributed by atoms with Crippen LogP contribution in [0.4, 0.5) is 0 Å². The van der Waals surface area contributed by atoms with Crippen LogP contribution < -0.4 is 4.74 Å². The van der Waals surface area contributed by atoms with Crippen LogP contribution in [0.3, 0.4) is 0 Å². The van der Waals surface area contributed by atoms with E-state index in [9.17, 15) is 0 Å². The van der Waals surface area contributed by atoms with E-state index in [1.807, 2.05) is 12.1 Å².